The minimum absolute atomic E-state index is 0.0869. The highest BCUT2D eigenvalue weighted by Crippen LogP contribution is 2.42. The van der Waals surface area contributed by atoms with Gasteiger partial charge < -0.3 is 15.3 Å². The lowest BCUT2D eigenvalue weighted by atomic mass is 9.77. The molecule has 0 heterocycles. The molecule has 0 unspecified atom stereocenters. The molecule has 0 atom stereocenters. The lowest BCUT2D eigenvalue weighted by Gasteiger charge is -2.28. The third kappa shape index (κ3) is 6.85. The first kappa shape index (κ1) is 31.6. The zero-order valence-electron chi connectivity index (χ0n) is 27.2. The maximum absolute atomic E-state index is 11.7. The molecule has 0 aliphatic carbocycles. The van der Waals surface area contributed by atoms with Crippen molar-refractivity contribution in [1.82, 2.24) is 0 Å². The first-order chi connectivity index (χ1) is 18.0. The molecule has 0 bridgehead atoms. The van der Waals surface area contributed by atoms with E-state index in [1.165, 1.54) is 0 Å². The average Bonchev–Trinajstić information content (AvgIpc) is 2.76. The fraction of sp³-hybridized carbons (Fsp3) is 0.514. The fourth-order valence-electron chi connectivity index (χ4n) is 5.27. The van der Waals surface area contributed by atoms with Gasteiger partial charge in [-0.1, -0.05) is 125 Å². The van der Waals surface area contributed by atoms with E-state index < -0.39 is 0 Å². The predicted molar refractivity (Wildman–Crippen MR) is 169 cm³/mol. The number of benzene rings is 3. The van der Waals surface area contributed by atoms with E-state index in [1.54, 1.807) is 0 Å². The van der Waals surface area contributed by atoms with Gasteiger partial charge in [0.25, 0.3) is 0 Å². The topological polar surface area (TPSA) is 60.7 Å². The Hall–Kier alpha value is -2.94. The summed E-state index contributed by atoms with van der Waals surface area (Å²) in [5.41, 5.74) is 7.72. The van der Waals surface area contributed by atoms with Crippen molar-refractivity contribution < 1.29 is 15.3 Å². The van der Waals surface area contributed by atoms with Crippen molar-refractivity contribution in [2.24, 2.45) is 0 Å². The van der Waals surface area contributed by atoms with Crippen LogP contribution in [-0.4, -0.2) is 15.3 Å². The predicted octanol–water partition coefficient (Wildman–Crippen LogP) is 9.48. The summed E-state index contributed by atoms with van der Waals surface area (Å²) >= 11 is 0. The average molecular weight is 545 g/mol. The highest BCUT2D eigenvalue weighted by molar-refractivity contribution is 5.56. The summed E-state index contributed by atoms with van der Waals surface area (Å²) in [5, 5.41) is 34.4. The zero-order chi connectivity index (χ0) is 30.6. The van der Waals surface area contributed by atoms with Crippen molar-refractivity contribution in [3.8, 4) is 17.2 Å². The van der Waals surface area contributed by atoms with Gasteiger partial charge in [-0.2, -0.15) is 0 Å². The SMILES string of the molecule is Cc1cc(Cc2cc(C(C)(C)C)cc(Cc3cc(C(C)(C)C)cc(C(C)(C)C)c3O)c2O)c(O)c(C(C)(C)C)c1. The van der Waals surface area contributed by atoms with Gasteiger partial charge in [0, 0.05) is 12.8 Å². The number of hydrogen-bond acceptors (Lipinski definition) is 3. The monoisotopic (exact) mass is 544 g/mol. The Morgan fingerprint density at radius 2 is 0.750 bits per heavy atom. The van der Waals surface area contributed by atoms with Crippen molar-refractivity contribution in [2.45, 2.75) is 125 Å². The first-order valence-electron chi connectivity index (χ1n) is 14.5. The van der Waals surface area contributed by atoms with E-state index in [-0.39, 0.29) is 27.4 Å². The highest BCUT2D eigenvalue weighted by Gasteiger charge is 2.27. The van der Waals surface area contributed by atoms with E-state index in [0.29, 0.717) is 24.3 Å². The van der Waals surface area contributed by atoms with Crippen LogP contribution in [0.5, 0.6) is 17.2 Å². The van der Waals surface area contributed by atoms with Crippen LogP contribution in [0.1, 0.15) is 133 Å². The second kappa shape index (κ2) is 10.5. The third-order valence-corrected chi connectivity index (χ3v) is 7.90. The van der Waals surface area contributed by atoms with Crippen LogP contribution in [-0.2, 0) is 34.5 Å². The van der Waals surface area contributed by atoms with E-state index in [1.807, 2.05) is 19.1 Å². The number of rotatable bonds is 4. The minimum Gasteiger partial charge on any atom is -0.507 e. The van der Waals surface area contributed by atoms with E-state index >= 15 is 0 Å². The van der Waals surface area contributed by atoms with Crippen molar-refractivity contribution in [2.75, 3.05) is 0 Å². The Morgan fingerprint density at radius 3 is 1.12 bits per heavy atom. The molecule has 218 valence electrons. The smallest absolute Gasteiger partial charge is 0.122 e. The maximum atomic E-state index is 11.7. The quantitative estimate of drug-likeness (QED) is 0.306. The summed E-state index contributed by atoms with van der Waals surface area (Å²) in [5.74, 6) is 0.823. The Bertz CT molecular complexity index is 1400. The van der Waals surface area contributed by atoms with Crippen LogP contribution in [0.2, 0.25) is 0 Å². The molecule has 0 saturated carbocycles. The van der Waals surface area contributed by atoms with Gasteiger partial charge in [0.15, 0.2) is 0 Å². The number of hydrogen-bond donors (Lipinski definition) is 3. The molecule has 0 radical (unpaired) electrons. The Labute approximate surface area is 243 Å². The van der Waals surface area contributed by atoms with E-state index in [4.69, 9.17) is 0 Å². The van der Waals surface area contributed by atoms with Crippen LogP contribution in [0.15, 0.2) is 36.4 Å². The lowest BCUT2D eigenvalue weighted by Crippen LogP contribution is -2.18. The van der Waals surface area contributed by atoms with Crippen molar-refractivity contribution >= 4 is 0 Å². The lowest BCUT2D eigenvalue weighted by molar-refractivity contribution is 0.437. The summed E-state index contributed by atoms with van der Waals surface area (Å²) < 4.78 is 0. The summed E-state index contributed by atoms with van der Waals surface area (Å²) in [6.07, 6.45) is 0.829. The standard InChI is InChI=1S/C37H52O3/c1-22-14-23(32(39)29(15-22)36(8,9)10)16-24-18-27(34(2,3)4)19-25(31(24)38)17-26-20-28(35(5,6)7)21-30(33(26)40)37(11,12)13/h14-15,18-21,38-40H,16-17H2,1-13H3. The summed E-state index contributed by atoms with van der Waals surface area (Å²) in [6, 6.07) is 12.4. The van der Waals surface area contributed by atoms with Gasteiger partial charge in [-0.3, -0.25) is 0 Å². The molecule has 0 saturated heterocycles. The van der Waals surface area contributed by atoms with Gasteiger partial charge in [0.1, 0.15) is 17.2 Å². The second-order valence-electron chi connectivity index (χ2n) is 15.8. The van der Waals surface area contributed by atoms with Crippen LogP contribution in [0, 0.1) is 6.92 Å². The highest BCUT2D eigenvalue weighted by atomic mass is 16.3. The van der Waals surface area contributed by atoms with Gasteiger partial charge in [0.2, 0.25) is 0 Å². The van der Waals surface area contributed by atoms with Crippen molar-refractivity contribution in [3.05, 3.63) is 86.5 Å². The molecular formula is C37H52O3. The zero-order valence-corrected chi connectivity index (χ0v) is 27.2. The van der Waals surface area contributed by atoms with Crippen molar-refractivity contribution in [1.29, 1.82) is 0 Å². The van der Waals surface area contributed by atoms with Gasteiger partial charge >= 0.3 is 0 Å². The molecular weight excluding hydrogens is 492 g/mol. The Balaban J connectivity index is 2.23. The normalized spacial score (nSPS) is 13.1. The molecule has 3 aromatic rings. The van der Waals surface area contributed by atoms with Gasteiger partial charge in [-0.05, 0) is 73.1 Å². The molecule has 0 aliphatic heterocycles. The Kier molecular flexibility index (Phi) is 8.27. The van der Waals surface area contributed by atoms with Crippen LogP contribution in [0.25, 0.3) is 0 Å². The van der Waals surface area contributed by atoms with E-state index in [0.717, 1.165) is 50.1 Å². The Morgan fingerprint density at radius 1 is 0.425 bits per heavy atom. The molecule has 3 rings (SSSR count). The van der Waals surface area contributed by atoms with Crippen LogP contribution in [0.4, 0.5) is 0 Å². The molecule has 0 fully saturated rings. The molecule has 3 aromatic carbocycles. The summed E-state index contributed by atoms with van der Waals surface area (Å²) in [6.45, 7) is 27.8. The first-order valence-corrected chi connectivity index (χ1v) is 14.5. The minimum atomic E-state index is -0.228. The third-order valence-electron chi connectivity index (χ3n) is 7.90. The molecule has 3 N–H and O–H groups in total. The number of aromatic hydroxyl groups is 3. The maximum Gasteiger partial charge on any atom is 0.122 e. The number of aryl methyl sites for hydroxylation is 1. The largest absolute Gasteiger partial charge is 0.507 e. The van der Waals surface area contributed by atoms with Gasteiger partial charge in [-0.15, -0.1) is 0 Å². The second-order valence-corrected chi connectivity index (χ2v) is 15.8. The van der Waals surface area contributed by atoms with E-state index in [2.05, 4.69) is 107 Å². The van der Waals surface area contributed by atoms with E-state index in [9.17, 15) is 15.3 Å². The molecule has 0 aromatic heterocycles. The molecule has 0 spiro atoms. The number of phenols is 3. The van der Waals surface area contributed by atoms with Gasteiger partial charge in [0.05, 0.1) is 0 Å². The molecule has 40 heavy (non-hydrogen) atoms. The number of phenolic OH excluding ortho intramolecular Hbond substituents is 3. The molecule has 3 heteroatoms. The molecule has 3 nitrogen and oxygen atoms in total. The fourth-order valence-corrected chi connectivity index (χ4v) is 5.27. The van der Waals surface area contributed by atoms with Crippen LogP contribution in [0.3, 0.4) is 0 Å². The molecule has 0 amide bonds. The molecule has 0 aliphatic rings. The van der Waals surface area contributed by atoms with Gasteiger partial charge in [-0.25, -0.2) is 0 Å². The van der Waals surface area contributed by atoms with Crippen LogP contribution < -0.4 is 0 Å². The summed E-state index contributed by atoms with van der Waals surface area (Å²) in [7, 11) is 0. The summed E-state index contributed by atoms with van der Waals surface area (Å²) in [4.78, 5) is 0. The van der Waals surface area contributed by atoms with Crippen molar-refractivity contribution in [3.63, 3.8) is 0 Å². The van der Waals surface area contributed by atoms with Crippen LogP contribution >= 0.6 is 0 Å².